The fraction of sp³-hybridized carbons (Fsp3) is 0.440. The van der Waals surface area contributed by atoms with Crippen LogP contribution in [0.25, 0.3) is 60.3 Å². The van der Waals surface area contributed by atoms with Crippen LogP contribution in [-0.4, -0.2) is 14.4 Å². The lowest BCUT2D eigenvalue weighted by Crippen LogP contribution is -2.25. The number of nitrogens with zero attached hydrogens (tertiary/aromatic N) is 3. The lowest BCUT2D eigenvalue weighted by atomic mass is 9.67. The maximum Gasteiger partial charge on any atom is 0.0728 e. The quantitative estimate of drug-likeness (QED) is 0.181. The van der Waals surface area contributed by atoms with Gasteiger partial charge in [0.2, 0.25) is 0 Å². The monoisotopic (exact) mass is 691 g/mol. The van der Waals surface area contributed by atoms with Crippen LogP contribution in [0, 0.1) is 51.4 Å². The van der Waals surface area contributed by atoms with Crippen molar-refractivity contribution in [3.05, 3.63) is 99.6 Å². The largest absolute Gasteiger partial charge is 0.305 e. The Morgan fingerprint density at radius 2 is 0.849 bits per heavy atom. The van der Waals surface area contributed by atoms with Gasteiger partial charge in [0.15, 0.2) is 0 Å². The first-order chi connectivity index (χ1) is 25.9. The minimum Gasteiger partial charge on any atom is -0.305 e. The van der Waals surface area contributed by atoms with Crippen molar-refractivity contribution in [2.24, 2.45) is 23.7 Å². The molecule has 4 atom stereocenters. The molecule has 4 aromatic heterocycles. The van der Waals surface area contributed by atoms with E-state index in [9.17, 15) is 0 Å². The van der Waals surface area contributed by atoms with Gasteiger partial charge in [-0.25, -0.2) is 0 Å². The maximum atomic E-state index is 5.58. The molecule has 0 N–H and O–H groups in total. The predicted molar refractivity (Wildman–Crippen MR) is 218 cm³/mol. The molecule has 0 saturated heterocycles. The molecule has 264 valence electrons. The number of aromatic nitrogens is 3. The van der Waals surface area contributed by atoms with E-state index in [2.05, 4.69) is 87.0 Å². The van der Waals surface area contributed by atoms with Crippen molar-refractivity contribution < 1.29 is 0 Å². The highest BCUT2D eigenvalue weighted by molar-refractivity contribution is 6.32. The van der Waals surface area contributed by atoms with E-state index in [0.717, 1.165) is 23.7 Å². The van der Waals surface area contributed by atoms with E-state index in [1.165, 1.54) is 158 Å². The third kappa shape index (κ3) is 3.82. The Morgan fingerprint density at radius 3 is 1.25 bits per heavy atom. The number of hydrogen-bond acceptors (Lipinski definition) is 2. The van der Waals surface area contributed by atoms with Gasteiger partial charge in [-0.15, -0.1) is 0 Å². The summed E-state index contributed by atoms with van der Waals surface area (Å²) in [7, 11) is 0. The molecular formula is C50H49N3. The fourth-order valence-corrected chi connectivity index (χ4v) is 14.7. The van der Waals surface area contributed by atoms with Crippen LogP contribution in [0.5, 0.6) is 0 Å². The summed E-state index contributed by atoms with van der Waals surface area (Å²) in [6.07, 6.45) is 18.3. The zero-order chi connectivity index (χ0) is 35.0. The topological polar surface area (TPSA) is 30.2 Å². The second-order valence-corrected chi connectivity index (χ2v) is 19.2. The first-order valence-corrected chi connectivity index (χ1v) is 21.1. The first kappa shape index (κ1) is 30.1. The van der Waals surface area contributed by atoms with Gasteiger partial charge in [0.25, 0.3) is 0 Å². The van der Waals surface area contributed by atoms with Crippen LogP contribution < -0.4 is 0 Å². The number of benzene rings is 3. The standard InChI is InChI=1S/C50H49N3/c1-24-7-5-8-25(2)40(24)36-21-37(41-26(3)9-6-10-27(41)4)45-47-39(23-52-49-35-19-30-12-31(20-35)16-33(15-30)43(47)49)53-38-22-51-48-34-17-28-11-29(18-34)14-32(13-28)42(48)46(38)44(36)50(45)53/h5-10,21-23,28-35H,11-20H2,1-4H3. The van der Waals surface area contributed by atoms with E-state index in [1.54, 1.807) is 11.1 Å². The molecule has 0 spiro atoms. The van der Waals surface area contributed by atoms with E-state index in [1.807, 2.05) is 0 Å². The van der Waals surface area contributed by atoms with E-state index >= 15 is 0 Å². The summed E-state index contributed by atoms with van der Waals surface area (Å²) >= 11 is 0. The average molecular weight is 692 g/mol. The summed E-state index contributed by atoms with van der Waals surface area (Å²) in [5.74, 6) is 5.88. The molecule has 4 fully saturated rings. The van der Waals surface area contributed by atoms with Crippen molar-refractivity contribution in [1.82, 2.24) is 14.4 Å². The van der Waals surface area contributed by atoms with Crippen molar-refractivity contribution >= 4 is 38.1 Å². The van der Waals surface area contributed by atoms with Crippen molar-refractivity contribution in [3.8, 4) is 22.3 Å². The molecule has 15 rings (SSSR count). The van der Waals surface area contributed by atoms with Crippen LogP contribution >= 0.6 is 0 Å². The molecule has 3 nitrogen and oxygen atoms in total. The maximum absolute atomic E-state index is 5.58. The molecule has 4 saturated carbocycles. The molecule has 4 unspecified atom stereocenters. The number of aryl methyl sites for hydroxylation is 4. The van der Waals surface area contributed by atoms with Crippen LogP contribution in [0.3, 0.4) is 0 Å². The summed E-state index contributed by atoms with van der Waals surface area (Å²) in [6.45, 7) is 9.36. The van der Waals surface area contributed by atoms with Crippen LogP contribution in [-0.2, 0) is 0 Å². The number of hydrogen-bond donors (Lipinski definition) is 0. The summed E-state index contributed by atoms with van der Waals surface area (Å²) < 4.78 is 2.70. The van der Waals surface area contributed by atoms with Crippen LogP contribution in [0.2, 0.25) is 0 Å². The van der Waals surface area contributed by atoms with Gasteiger partial charge in [-0.05, 0) is 189 Å². The van der Waals surface area contributed by atoms with Gasteiger partial charge < -0.3 is 4.40 Å². The van der Waals surface area contributed by atoms with E-state index in [4.69, 9.17) is 9.97 Å². The molecule has 0 amide bonds. The first-order valence-electron chi connectivity index (χ1n) is 21.1. The van der Waals surface area contributed by atoms with Crippen molar-refractivity contribution in [1.29, 1.82) is 0 Å². The van der Waals surface area contributed by atoms with Gasteiger partial charge in [-0.1, -0.05) is 36.4 Å². The molecule has 0 radical (unpaired) electrons. The summed E-state index contributed by atoms with van der Waals surface area (Å²) in [5.41, 5.74) is 21.4. The zero-order valence-electron chi connectivity index (χ0n) is 31.7. The Bertz CT molecular complexity index is 2500. The van der Waals surface area contributed by atoms with Gasteiger partial charge >= 0.3 is 0 Å². The van der Waals surface area contributed by atoms with E-state index in [-0.39, 0.29) is 0 Å². The number of pyridine rings is 2. The summed E-state index contributed by atoms with van der Waals surface area (Å²) in [5, 5.41) is 6.03. The third-order valence-electron chi connectivity index (χ3n) is 16.1. The molecule has 3 heteroatoms. The van der Waals surface area contributed by atoms with Crippen LogP contribution in [0.15, 0.2) is 54.9 Å². The van der Waals surface area contributed by atoms with E-state index in [0.29, 0.717) is 23.7 Å². The Hall–Kier alpha value is -4.24. The SMILES string of the molecule is Cc1cccc(C)c1-c1cc(-c2c(C)cccc2C)c2c3c4c(ncc3n3c5cnc6c(c5c1c23)C1CC2CC(CC6C2)C1)C1CC2CC(C1)CC4C2. The Balaban J connectivity index is 1.28. The molecule has 7 aromatic rings. The number of rotatable bonds is 2. The van der Waals surface area contributed by atoms with Gasteiger partial charge in [0.1, 0.15) is 0 Å². The van der Waals surface area contributed by atoms with Crippen molar-refractivity contribution in [3.63, 3.8) is 0 Å². The summed E-state index contributed by atoms with van der Waals surface area (Å²) in [6, 6.07) is 16.5. The fourth-order valence-electron chi connectivity index (χ4n) is 14.7. The smallest absolute Gasteiger partial charge is 0.0728 e. The second kappa shape index (κ2) is 10.3. The Labute approximate surface area is 312 Å². The highest BCUT2D eigenvalue weighted by atomic mass is 15.0. The highest BCUT2D eigenvalue weighted by Crippen LogP contribution is 2.62. The molecule has 3 aromatic carbocycles. The lowest BCUT2D eigenvalue weighted by Gasteiger charge is -2.38. The lowest BCUT2D eigenvalue weighted by molar-refractivity contribution is 0.165. The van der Waals surface area contributed by atoms with Gasteiger partial charge in [0, 0.05) is 44.8 Å². The zero-order valence-corrected chi connectivity index (χ0v) is 31.7. The van der Waals surface area contributed by atoms with Crippen LogP contribution in [0.4, 0.5) is 0 Å². The van der Waals surface area contributed by atoms with Gasteiger partial charge in [-0.2, -0.15) is 0 Å². The molecule has 0 aliphatic heterocycles. The normalized spacial score (nSPS) is 29.5. The predicted octanol–water partition coefficient (Wildman–Crippen LogP) is 13.0. The van der Waals surface area contributed by atoms with Crippen molar-refractivity contribution in [2.45, 2.75) is 116 Å². The molecule has 8 aliphatic carbocycles. The molecular weight excluding hydrogens is 643 g/mol. The van der Waals surface area contributed by atoms with Crippen LogP contribution in [0.1, 0.15) is 133 Å². The third-order valence-corrected chi connectivity index (χ3v) is 16.1. The average Bonchev–Trinajstić information content (AvgIpc) is 3.52. The summed E-state index contributed by atoms with van der Waals surface area (Å²) in [4.78, 5) is 11.2. The number of fused-ring (bicyclic) bond motifs is 6. The molecule has 4 heterocycles. The molecule has 53 heavy (non-hydrogen) atoms. The Morgan fingerprint density at radius 1 is 0.472 bits per heavy atom. The minimum absolute atomic E-state index is 0.610. The molecule has 8 aliphatic rings. The van der Waals surface area contributed by atoms with E-state index < -0.39 is 0 Å². The van der Waals surface area contributed by atoms with Gasteiger partial charge in [-0.3, -0.25) is 9.97 Å². The minimum atomic E-state index is 0.610. The van der Waals surface area contributed by atoms with Crippen molar-refractivity contribution in [2.75, 3.05) is 0 Å². The molecule has 8 bridgehead atoms. The Kier molecular flexibility index (Phi) is 5.85. The second-order valence-electron chi connectivity index (χ2n) is 19.2. The highest BCUT2D eigenvalue weighted by Gasteiger charge is 2.46. The van der Waals surface area contributed by atoms with Gasteiger partial charge in [0.05, 0.1) is 28.9 Å².